The molecule has 1 aromatic carbocycles. The third-order valence-corrected chi connectivity index (χ3v) is 8.32. The van der Waals surface area contributed by atoms with Crippen molar-refractivity contribution < 1.29 is 13.2 Å². The monoisotopic (exact) mass is 411 g/mol. The SMILES string of the molecule is CC1(C)[C@@H]2CC[C@@]1(C)/C(=N/NC(=O)CCNS(=O)(=O)c1ccc(Cl)cc1)C2. The molecule has 2 aliphatic rings. The quantitative estimate of drug-likeness (QED) is 0.704. The van der Waals surface area contributed by atoms with Crippen molar-refractivity contribution in [1.29, 1.82) is 0 Å². The van der Waals surface area contributed by atoms with E-state index < -0.39 is 10.0 Å². The molecule has 2 bridgehead atoms. The molecule has 6 nitrogen and oxygen atoms in total. The number of hydrazone groups is 1. The molecule has 0 heterocycles. The molecule has 0 aromatic heterocycles. The van der Waals surface area contributed by atoms with Gasteiger partial charge in [-0.15, -0.1) is 0 Å². The number of hydrogen-bond donors (Lipinski definition) is 2. The Morgan fingerprint density at radius 2 is 1.93 bits per heavy atom. The first-order valence-electron chi connectivity index (χ1n) is 9.17. The zero-order valence-electron chi connectivity index (χ0n) is 15.9. The fourth-order valence-corrected chi connectivity index (χ4v) is 5.44. The Morgan fingerprint density at radius 1 is 1.26 bits per heavy atom. The van der Waals surface area contributed by atoms with Crippen LogP contribution in [0, 0.1) is 16.7 Å². The molecular formula is C19H26ClN3O3S. The van der Waals surface area contributed by atoms with Gasteiger partial charge in [0.05, 0.1) is 4.90 Å². The van der Waals surface area contributed by atoms with Crippen molar-refractivity contribution >= 4 is 33.2 Å². The minimum Gasteiger partial charge on any atom is -0.273 e. The highest BCUT2D eigenvalue weighted by molar-refractivity contribution is 7.89. The van der Waals surface area contributed by atoms with Gasteiger partial charge >= 0.3 is 0 Å². The van der Waals surface area contributed by atoms with Gasteiger partial charge in [-0.1, -0.05) is 32.4 Å². The van der Waals surface area contributed by atoms with E-state index in [4.69, 9.17) is 11.6 Å². The molecule has 2 atom stereocenters. The first kappa shape index (κ1) is 20.3. The average molecular weight is 412 g/mol. The molecule has 27 heavy (non-hydrogen) atoms. The zero-order valence-corrected chi connectivity index (χ0v) is 17.5. The van der Waals surface area contributed by atoms with Gasteiger partial charge in [-0.3, -0.25) is 4.79 Å². The van der Waals surface area contributed by atoms with Crippen molar-refractivity contribution in [2.75, 3.05) is 6.54 Å². The molecule has 1 aromatic rings. The fraction of sp³-hybridized carbons (Fsp3) is 0.579. The maximum absolute atomic E-state index is 12.2. The van der Waals surface area contributed by atoms with Gasteiger partial charge < -0.3 is 0 Å². The van der Waals surface area contributed by atoms with E-state index in [9.17, 15) is 13.2 Å². The number of sulfonamides is 1. The number of nitrogens with zero attached hydrogens (tertiary/aromatic N) is 1. The predicted octanol–water partition coefficient (Wildman–Crippen LogP) is 3.33. The van der Waals surface area contributed by atoms with Gasteiger partial charge in [-0.05, 0) is 54.9 Å². The molecule has 0 spiro atoms. The maximum atomic E-state index is 12.2. The summed E-state index contributed by atoms with van der Waals surface area (Å²) < 4.78 is 26.8. The smallest absolute Gasteiger partial charge is 0.241 e. The largest absolute Gasteiger partial charge is 0.273 e. The van der Waals surface area contributed by atoms with E-state index >= 15 is 0 Å². The van der Waals surface area contributed by atoms with Gasteiger partial charge in [-0.25, -0.2) is 18.6 Å². The number of carbonyl (C=O) groups is 1. The highest BCUT2D eigenvalue weighted by Gasteiger charge is 2.59. The lowest BCUT2D eigenvalue weighted by Crippen LogP contribution is -2.34. The van der Waals surface area contributed by atoms with E-state index in [2.05, 4.69) is 36.0 Å². The third-order valence-electron chi connectivity index (χ3n) is 6.60. The Morgan fingerprint density at radius 3 is 2.48 bits per heavy atom. The highest BCUT2D eigenvalue weighted by Crippen LogP contribution is 2.63. The van der Waals surface area contributed by atoms with Crippen LogP contribution in [-0.4, -0.2) is 26.6 Å². The number of halogens is 1. The minimum atomic E-state index is -3.66. The van der Waals surface area contributed by atoms with E-state index in [-0.39, 0.29) is 34.6 Å². The Labute approximate surface area is 165 Å². The van der Waals surface area contributed by atoms with Crippen molar-refractivity contribution in [3.8, 4) is 0 Å². The molecule has 0 unspecified atom stereocenters. The van der Waals surface area contributed by atoms with Gasteiger partial charge in [0.2, 0.25) is 15.9 Å². The van der Waals surface area contributed by atoms with Crippen molar-refractivity contribution in [3.63, 3.8) is 0 Å². The summed E-state index contributed by atoms with van der Waals surface area (Å²) >= 11 is 5.77. The minimum absolute atomic E-state index is 0.00698. The van der Waals surface area contributed by atoms with E-state index in [0.717, 1.165) is 18.6 Å². The molecule has 0 aliphatic heterocycles. The number of hydrogen-bond acceptors (Lipinski definition) is 4. The molecule has 2 fully saturated rings. The molecule has 148 valence electrons. The van der Waals surface area contributed by atoms with Gasteiger partial charge in [0, 0.05) is 29.1 Å². The second-order valence-corrected chi connectivity index (χ2v) is 10.4. The zero-order chi connectivity index (χ0) is 19.9. The number of nitrogens with one attached hydrogen (secondary N) is 2. The van der Waals surface area contributed by atoms with Crippen LogP contribution in [0.15, 0.2) is 34.3 Å². The molecule has 2 saturated carbocycles. The Hall–Kier alpha value is -1.44. The van der Waals surface area contributed by atoms with E-state index in [0.29, 0.717) is 10.9 Å². The number of benzene rings is 1. The number of amides is 1. The van der Waals surface area contributed by atoms with Crippen molar-refractivity contribution in [1.82, 2.24) is 10.1 Å². The van der Waals surface area contributed by atoms with Gasteiger partial charge in [0.25, 0.3) is 0 Å². The average Bonchev–Trinajstić information content (AvgIpc) is 2.93. The molecule has 2 aliphatic carbocycles. The number of fused-ring (bicyclic) bond motifs is 2. The lowest BCUT2D eigenvalue weighted by Gasteiger charge is -2.34. The summed E-state index contributed by atoms with van der Waals surface area (Å²) in [5, 5.41) is 4.84. The molecule has 2 N–H and O–H groups in total. The molecule has 1 amide bonds. The van der Waals surface area contributed by atoms with Gasteiger partial charge in [0.1, 0.15) is 0 Å². The summed E-state index contributed by atoms with van der Waals surface area (Å²) in [5.41, 5.74) is 3.89. The van der Waals surface area contributed by atoms with Crippen molar-refractivity contribution in [2.24, 2.45) is 21.8 Å². The Balaban J connectivity index is 1.52. The summed E-state index contributed by atoms with van der Waals surface area (Å²) in [7, 11) is -3.66. The number of carbonyl (C=O) groups excluding carboxylic acids is 1. The van der Waals surface area contributed by atoms with Crippen LogP contribution in [0.5, 0.6) is 0 Å². The molecule has 3 rings (SSSR count). The Bertz CT molecular complexity index is 865. The summed E-state index contributed by atoms with van der Waals surface area (Å²) in [6.45, 7) is 6.79. The first-order chi connectivity index (χ1) is 12.6. The van der Waals surface area contributed by atoms with E-state index in [1.165, 1.54) is 30.7 Å². The van der Waals surface area contributed by atoms with Crippen LogP contribution in [0.1, 0.15) is 46.5 Å². The van der Waals surface area contributed by atoms with Gasteiger partial charge in [0.15, 0.2) is 0 Å². The van der Waals surface area contributed by atoms with E-state index in [1.807, 2.05) is 0 Å². The highest BCUT2D eigenvalue weighted by atomic mass is 35.5. The second kappa shape index (κ2) is 7.18. The summed E-state index contributed by atoms with van der Waals surface area (Å²) in [6.07, 6.45) is 3.25. The fourth-order valence-electron chi connectivity index (χ4n) is 4.28. The van der Waals surface area contributed by atoms with Crippen LogP contribution in [0.4, 0.5) is 0 Å². The van der Waals surface area contributed by atoms with Crippen molar-refractivity contribution in [3.05, 3.63) is 29.3 Å². The summed E-state index contributed by atoms with van der Waals surface area (Å²) in [6, 6.07) is 5.87. The van der Waals surface area contributed by atoms with Crippen LogP contribution in [-0.2, 0) is 14.8 Å². The molecule has 0 radical (unpaired) electrons. The summed E-state index contributed by atoms with van der Waals surface area (Å²) in [4.78, 5) is 12.2. The normalized spacial score (nSPS) is 27.9. The first-order valence-corrected chi connectivity index (χ1v) is 11.0. The maximum Gasteiger partial charge on any atom is 0.241 e. The summed E-state index contributed by atoms with van der Waals surface area (Å²) in [5.74, 6) is 0.315. The van der Waals surface area contributed by atoms with Crippen LogP contribution in [0.3, 0.4) is 0 Å². The van der Waals surface area contributed by atoms with Crippen LogP contribution in [0.2, 0.25) is 5.02 Å². The molecule has 8 heteroatoms. The molecule has 0 saturated heterocycles. The third kappa shape index (κ3) is 3.77. The van der Waals surface area contributed by atoms with Crippen LogP contribution < -0.4 is 10.1 Å². The Kier molecular flexibility index (Phi) is 5.40. The predicted molar refractivity (Wildman–Crippen MR) is 106 cm³/mol. The van der Waals surface area contributed by atoms with Crippen LogP contribution >= 0.6 is 11.6 Å². The lowest BCUT2D eigenvalue weighted by molar-refractivity contribution is -0.120. The lowest BCUT2D eigenvalue weighted by atomic mass is 9.70. The number of rotatable bonds is 6. The van der Waals surface area contributed by atoms with Gasteiger partial charge in [-0.2, -0.15) is 5.10 Å². The van der Waals surface area contributed by atoms with Crippen molar-refractivity contribution in [2.45, 2.75) is 51.3 Å². The van der Waals surface area contributed by atoms with E-state index in [1.54, 1.807) is 0 Å². The molecular weight excluding hydrogens is 386 g/mol. The van der Waals surface area contributed by atoms with Crippen LogP contribution in [0.25, 0.3) is 0 Å². The topological polar surface area (TPSA) is 87.6 Å². The second-order valence-electron chi connectivity index (χ2n) is 8.19. The standard InChI is InChI=1S/C19H26ClN3O3S/c1-18(2)13-8-10-19(18,3)16(12-13)22-23-17(24)9-11-21-27(25,26)15-6-4-14(20)5-7-15/h4-7,13,21H,8-12H2,1-3H3,(H,23,24)/b22-16+/t13-,19+/m1/s1.